The number of carboxylic acids is 1. The van der Waals surface area contributed by atoms with Crippen molar-refractivity contribution in [3.05, 3.63) is 62.2 Å². The van der Waals surface area contributed by atoms with E-state index in [1.807, 2.05) is 0 Å². The zero-order valence-electron chi connectivity index (χ0n) is 13.2. The fourth-order valence-electron chi connectivity index (χ4n) is 2.17. The number of fused-ring (bicyclic) bond motifs is 1. The van der Waals surface area contributed by atoms with Crippen molar-refractivity contribution in [3.8, 4) is 0 Å². The van der Waals surface area contributed by atoms with E-state index in [1.165, 1.54) is 0 Å². The maximum absolute atomic E-state index is 11.3. The van der Waals surface area contributed by atoms with Crippen LogP contribution in [-0.4, -0.2) is 25.8 Å². The number of carboxylic acid groups (broad SMARTS) is 1. The highest BCUT2D eigenvalue weighted by atomic mass is 32.2. The maximum Gasteiger partial charge on any atom is 0.291 e. The molecule has 0 aliphatic heterocycles. The summed E-state index contributed by atoms with van der Waals surface area (Å²) < 4.78 is 0. The average molecular weight is 377 g/mol. The second kappa shape index (κ2) is 7.16. The van der Waals surface area contributed by atoms with E-state index >= 15 is 0 Å². The number of para-hydroxylation sites is 2. The second-order valence-corrected chi connectivity index (χ2v) is 5.81. The van der Waals surface area contributed by atoms with E-state index in [4.69, 9.17) is 0 Å². The highest BCUT2D eigenvalue weighted by Crippen LogP contribution is 2.41. The number of imidazole rings is 1. The number of nitrogens with zero attached hydrogens (tertiary/aromatic N) is 3. The minimum Gasteiger partial charge on any atom is -0.545 e. The lowest BCUT2D eigenvalue weighted by Crippen LogP contribution is -2.22. The fourth-order valence-corrected chi connectivity index (χ4v) is 3.14. The summed E-state index contributed by atoms with van der Waals surface area (Å²) in [4.78, 5) is 38.5. The van der Waals surface area contributed by atoms with Gasteiger partial charge in [0.2, 0.25) is 0 Å². The number of carbonyl (C=O) groups excluding carboxylic acids is 1. The van der Waals surface area contributed by atoms with Gasteiger partial charge >= 0.3 is 0 Å². The summed E-state index contributed by atoms with van der Waals surface area (Å²) in [5, 5.41) is 33.7. The van der Waals surface area contributed by atoms with Crippen molar-refractivity contribution in [2.24, 2.45) is 0 Å². The number of quaternary nitrogens is 1. The van der Waals surface area contributed by atoms with Crippen LogP contribution in [0.3, 0.4) is 0 Å². The van der Waals surface area contributed by atoms with Crippen LogP contribution in [0, 0.1) is 20.2 Å². The molecule has 0 aliphatic carbocycles. The highest BCUT2D eigenvalue weighted by Gasteiger charge is 2.29. The smallest absolute Gasteiger partial charge is 0.291 e. The summed E-state index contributed by atoms with van der Waals surface area (Å²) in [6, 6.07) is 8.40. The summed E-state index contributed by atoms with van der Waals surface area (Å²) in [7, 11) is 0. The first-order valence-electron chi connectivity index (χ1n) is 6.67. The van der Waals surface area contributed by atoms with Crippen LogP contribution in [0.15, 0.2) is 46.5 Å². The molecule has 0 radical (unpaired) electrons. The third-order valence-corrected chi connectivity index (χ3v) is 4.25. The number of carbonyl (C=O) groups is 1. The molecule has 0 fully saturated rings. The second-order valence-electron chi connectivity index (χ2n) is 4.81. The Balaban J connectivity index is 0.00000243. The molecular weight excluding hydrogens is 366 g/mol. The number of hydrogen-bond acceptors (Lipinski definition) is 8. The van der Waals surface area contributed by atoms with Crippen molar-refractivity contribution in [3.63, 3.8) is 0 Å². The molecule has 0 saturated heterocycles. The maximum atomic E-state index is 11.3. The molecule has 1 aromatic heterocycles. The third kappa shape index (κ3) is 3.45. The number of aromatic carboxylic acids is 1. The van der Waals surface area contributed by atoms with Crippen molar-refractivity contribution in [2.75, 3.05) is 0 Å². The number of nitro groups is 2. The first-order chi connectivity index (χ1) is 11.9. The Morgan fingerprint density at radius 2 is 1.65 bits per heavy atom. The molecule has 3 aromatic rings. The first kappa shape index (κ1) is 18.8. The Morgan fingerprint density at radius 3 is 2.15 bits per heavy atom. The molecule has 0 unspecified atom stereocenters. The van der Waals surface area contributed by atoms with Gasteiger partial charge in [0.15, 0.2) is 10.1 Å². The molecular formula is C14H11N5O6S. The number of benzene rings is 2. The Morgan fingerprint density at radius 1 is 1.08 bits per heavy atom. The van der Waals surface area contributed by atoms with Crippen LogP contribution in [0.1, 0.15) is 10.4 Å². The number of H-pyrrole nitrogens is 1. The van der Waals surface area contributed by atoms with E-state index in [2.05, 4.69) is 9.97 Å². The van der Waals surface area contributed by atoms with Crippen molar-refractivity contribution in [1.29, 1.82) is 0 Å². The molecule has 1 heterocycles. The van der Waals surface area contributed by atoms with Gasteiger partial charge in [0.25, 0.3) is 11.4 Å². The number of nitrogens with one attached hydrogen (secondary N) is 1. The van der Waals surface area contributed by atoms with Crippen LogP contribution < -0.4 is 11.3 Å². The summed E-state index contributed by atoms with van der Waals surface area (Å²) in [6.07, 6.45) is 0. The van der Waals surface area contributed by atoms with E-state index in [9.17, 15) is 30.1 Å². The monoisotopic (exact) mass is 377 g/mol. The normalized spacial score (nSPS) is 10.3. The average Bonchev–Trinajstić information content (AvgIpc) is 2.96. The number of aromatic nitrogens is 2. The number of hydrogen-bond donors (Lipinski definition) is 2. The van der Waals surface area contributed by atoms with Gasteiger partial charge in [-0.15, -0.1) is 0 Å². The lowest BCUT2D eigenvalue weighted by atomic mass is 10.2. The third-order valence-electron chi connectivity index (χ3n) is 3.25. The molecule has 3 rings (SSSR count). The molecule has 5 N–H and O–H groups in total. The van der Waals surface area contributed by atoms with E-state index in [1.54, 1.807) is 24.3 Å². The van der Waals surface area contributed by atoms with Crippen LogP contribution in [0.25, 0.3) is 11.0 Å². The Hall–Kier alpha value is -3.51. The summed E-state index contributed by atoms with van der Waals surface area (Å²) in [5.41, 5.74) is -0.826. The highest BCUT2D eigenvalue weighted by molar-refractivity contribution is 7.99. The Bertz CT molecular complexity index is 966. The molecule has 0 saturated carbocycles. The minimum atomic E-state index is -1.74. The van der Waals surface area contributed by atoms with Crippen molar-refractivity contribution >= 4 is 40.1 Å². The van der Waals surface area contributed by atoms with Gasteiger partial charge < -0.3 is 21.0 Å². The summed E-state index contributed by atoms with van der Waals surface area (Å²) in [5.74, 6) is -1.74. The molecule has 0 aliphatic rings. The van der Waals surface area contributed by atoms with E-state index in [-0.39, 0.29) is 16.2 Å². The van der Waals surface area contributed by atoms with Crippen LogP contribution >= 0.6 is 11.8 Å². The minimum absolute atomic E-state index is 0. The lowest BCUT2D eigenvalue weighted by Gasteiger charge is -2.06. The standard InChI is InChI=1S/C14H8N4O6S.H3N/c19-13(20)7-5-10(17(21)22)12(11(6-7)18(23)24)25-14-15-8-3-1-2-4-9(8)16-14;/h1-6H,(H,15,16)(H,19,20);1H3. The Labute approximate surface area is 148 Å². The molecule has 0 atom stereocenters. The molecule has 0 spiro atoms. The molecule has 26 heavy (non-hydrogen) atoms. The van der Waals surface area contributed by atoms with Crippen LogP contribution in [0.4, 0.5) is 11.4 Å². The largest absolute Gasteiger partial charge is 0.545 e. The molecule has 2 aromatic carbocycles. The quantitative estimate of drug-likeness (QED) is 0.499. The van der Waals surface area contributed by atoms with Gasteiger partial charge in [0.05, 0.1) is 26.8 Å². The van der Waals surface area contributed by atoms with E-state index in [0.29, 0.717) is 22.8 Å². The zero-order valence-corrected chi connectivity index (χ0v) is 14.0. The van der Waals surface area contributed by atoms with Gasteiger partial charge in [-0.1, -0.05) is 12.1 Å². The van der Waals surface area contributed by atoms with Crippen molar-refractivity contribution in [2.45, 2.75) is 10.1 Å². The van der Waals surface area contributed by atoms with Crippen LogP contribution in [-0.2, 0) is 0 Å². The topological polar surface area (TPSA) is 192 Å². The molecule has 12 heteroatoms. The zero-order chi connectivity index (χ0) is 18.1. The molecule has 0 amide bonds. The van der Waals surface area contributed by atoms with E-state index < -0.39 is 32.8 Å². The van der Waals surface area contributed by atoms with Crippen LogP contribution in [0.2, 0.25) is 0 Å². The molecule has 11 nitrogen and oxygen atoms in total. The fraction of sp³-hybridized carbons (Fsp3) is 0. The number of aromatic amines is 1. The predicted molar refractivity (Wildman–Crippen MR) is 90.3 cm³/mol. The van der Waals surface area contributed by atoms with Crippen molar-refractivity contribution < 1.29 is 19.7 Å². The summed E-state index contributed by atoms with van der Waals surface area (Å²) >= 11 is 0.680. The lowest BCUT2D eigenvalue weighted by molar-refractivity contribution is -0.399. The summed E-state index contributed by atoms with van der Waals surface area (Å²) in [6.45, 7) is 0. The van der Waals surface area contributed by atoms with Gasteiger partial charge in [-0.25, -0.2) is 4.98 Å². The van der Waals surface area contributed by atoms with Gasteiger partial charge in [-0.2, -0.15) is 0 Å². The SMILES string of the molecule is O=C([O-])c1cc([N+](=O)[O-])c(Sc2nc3ccccc3[nH]2)c([N+](=O)[O-])c1.[NH4+]. The predicted octanol–water partition coefficient (Wildman–Crippen LogP) is 2.27. The Kier molecular flexibility index (Phi) is 5.19. The molecule has 134 valence electrons. The van der Waals surface area contributed by atoms with Gasteiger partial charge in [-0.05, 0) is 23.9 Å². The van der Waals surface area contributed by atoms with E-state index in [0.717, 1.165) is 12.1 Å². The van der Waals surface area contributed by atoms with Crippen LogP contribution in [0.5, 0.6) is 0 Å². The van der Waals surface area contributed by atoms with Gasteiger partial charge in [0, 0.05) is 17.7 Å². The van der Waals surface area contributed by atoms with Crippen molar-refractivity contribution in [1.82, 2.24) is 16.1 Å². The number of rotatable bonds is 5. The van der Waals surface area contributed by atoms with Gasteiger partial charge in [-0.3, -0.25) is 20.2 Å². The van der Waals surface area contributed by atoms with Gasteiger partial charge in [0.1, 0.15) is 0 Å². The molecule has 0 bridgehead atoms. The number of nitro benzene ring substituents is 2. The first-order valence-corrected chi connectivity index (χ1v) is 7.49.